The van der Waals surface area contributed by atoms with Crippen molar-refractivity contribution in [1.29, 1.82) is 0 Å². The Morgan fingerprint density at radius 1 is 1.17 bits per heavy atom. The zero-order chi connectivity index (χ0) is 16.4. The minimum Gasteiger partial charge on any atom is -0.491 e. The molecule has 1 amide bonds. The fourth-order valence-corrected chi connectivity index (χ4v) is 3.36. The number of carbonyl (C=O) groups excluding carboxylic acids is 1. The molecule has 1 unspecified atom stereocenters. The van der Waals surface area contributed by atoms with Gasteiger partial charge in [0.25, 0.3) is 5.91 Å². The van der Waals surface area contributed by atoms with Crippen LogP contribution in [0.2, 0.25) is 0 Å². The van der Waals surface area contributed by atoms with Crippen LogP contribution in [-0.4, -0.2) is 31.8 Å². The lowest BCUT2D eigenvalue weighted by Crippen LogP contribution is -2.28. The van der Waals surface area contributed by atoms with Gasteiger partial charge >= 0.3 is 0 Å². The topological polar surface area (TPSA) is 38.8 Å². The van der Waals surface area contributed by atoms with Gasteiger partial charge in [0.1, 0.15) is 12.4 Å². The molecule has 2 aliphatic heterocycles. The molecule has 124 valence electrons. The van der Waals surface area contributed by atoms with Crippen LogP contribution in [0.5, 0.6) is 5.75 Å². The van der Waals surface area contributed by atoms with Gasteiger partial charge in [0.2, 0.25) is 0 Å². The summed E-state index contributed by atoms with van der Waals surface area (Å²) < 4.78 is 11.3. The van der Waals surface area contributed by atoms with Gasteiger partial charge in [0, 0.05) is 24.4 Å². The summed E-state index contributed by atoms with van der Waals surface area (Å²) in [5.74, 6) is 0.828. The van der Waals surface area contributed by atoms with E-state index in [0.717, 1.165) is 43.9 Å². The van der Waals surface area contributed by atoms with Crippen molar-refractivity contribution in [2.45, 2.75) is 25.4 Å². The first-order valence-electron chi connectivity index (χ1n) is 8.55. The second-order valence-corrected chi connectivity index (χ2v) is 6.31. The molecule has 0 spiro atoms. The maximum absolute atomic E-state index is 12.8. The number of amides is 1. The number of carbonyl (C=O) groups is 1. The summed E-state index contributed by atoms with van der Waals surface area (Å²) in [6, 6.07) is 15.5. The lowest BCUT2D eigenvalue weighted by molar-refractivity contribution is 0.0679. The van der Waals surface area contributed by atoms with E-state index >= 15 is 0 Å². The molecule has 0 aliphatic carbocycles. The van der Waals surface area contributed by atoms with Gasteiger partial charge < -0.3 is 14.4 Å². The smallest absolute Gasteiger partial charge is 0.258 e. The highest BCUT2D eigenvalue weighted by Gasteiger charge is 2.25. The van der Waals surface area contributed by atoms with Gasteiger partial charge in [0.05, 0.1) is 6.10 Å². The van der Waals surface area contributed by atoms with Crippen LogP contribution < -0.4 is 9.64 Å². The Morgan fingerprint density at radius 2 is 2.00 bits per heavy atom. The minimum absolute atomic E-state index is 0.0469. The van der Waals surface area contributed by atoms with Crippen LogP contribution in [0, 0.1) is 0 Å². The first-order chi connectivity index (χ1) is 11.8. The van der Waals surface area contributed by atoms with Crippen LogP contribution in [0.3, 0.4) is 0 Å². The molecule has 0 saturated carbocycles. The minimum atomic E-state index is 0.0469. The number of rotatable bonds is 4. The summed E-state index contributed by atoms with van der Waals surface area (Å²) in [5, 5.41) is 0. The summed E-state index contributed by atoms with van der Waals surface area (Å²) in [5.41, 5.74) is 2.96. The summed E-state index contributed by atoms with van der Waals surface area (Å²) in [7, 11) is 0. The Labute approximate surface area is 142 Å². The average Bonchev–Trinajstić information content (AvgIpc) is 3.29. The molecule has 4 rings (SSSR count). The lowest BCUT2D eigenvalue weighted by Gasteiger charge is -2.17. The van der Waals surface area contributed by atoms with Crippen LogP contribution >= 0.6 is 0 Å². The maximum atomic E-state index is 12.8. The lowest BCUT2D eigenvalue weighted by atomic mass is 10.1. The van der Waals surface area contributed by atoms with Crippen molar-refractivity contribution in [3.8, 4) is 5.75 Å². The van der Waals surface area contributed by atoms with Crippen molar-refractivity contribution in [3.63, 3.8) is 0 Å². The molecule has 0 radical (unpaired) electrons. The number of nitrogens with zero attached hydrogens (tertiary/aromatic N) is 1. The summed E-state index contributed by atoms with van der Waals surface area (Å²) >= 11 is 0. The van der Waals surface area contributed by atoms with Crippen LogP contribution in [0.25, 0.3) is 0 Å². The van der Waals surface area contributed by atoms with Crippen LogP contribution in [0.4, 0.5) is 5.69 Å². The third kappa shape index (κ3) is 3.02. The summed E-state index contributed by atoms with van der Waals surface area (Å²) in [6.07, 6.45) is 3.29. The Kier molecular flexibility index (Phi) is 4.22. The second-order valence-electron chi connectivity index (χ2n) is 6.31. The molecule has 4 heteroatoms. The molecular weight excluding hydrogens is 302 g/mol. The van der Waals surface area contributed by atoms with Crippen molar-refractivity contribution < 1.29 is 14.3 Å². The number of ether oxygens (including phenoxy) is 2. The van der Waals surface area contributed by atoms with Crippen molar-refractivity contribution in [3.05, 3.63) is 59.7 Å². The molecule has 2 aromatic rings. The monoisotopic (exact) mass is 323 g/mol. The molecule has 24 heavy (non-hydrogen) atoms. The predicted molar refractivity (Wildman–Crippen MR) is 92.7 cm³/mol. The maximum Gasteiger partial charge on any atom is 0.258 e. The predicted octanol–water partition coefficient (Wildman–Crippen LogP) is 3.45. The molecule has 2 aromatic carbocycles. The number of anilines is 1. The Bertz CT molecular complexity index is 720. The van der Waals surface area contributed by atoms with Gasteiger partial charge in [-0.25, -0.2) is 0 Å². The van der Waals surface area contributed by atoms with Gasteiger partial charge in [-0.2, -0.15) is 0 Å². The van der Waals surface area contributed by atoms with E-state index in [2.05, 4.69) is 6.07 Å². The van der Waals surface area contributed by atoms with Crippen molar-refractivity contribution in [1.82, 2.24) is 0 Å². The number of para-hydroxylation sites is 1. The van der Waals surface area contributed by atoms with Gasteiger partial charge in [-0.3, -0.25) is 4.79 Å². The summed E-state index contributed by atoms with van der Waals surface area (Å²) in [6.45, 7) is 2.15. The van der Waals surface area contributed by atoms with Crippen LogP contribution in [-0.2, 0) is 11.2 Å². The molecule has 0 aromatic heterocycles. The van der Waals surface area contributed by atoms with Crippen LogP contribution in [0.1, 0.15) is 28.8 Å². The highest BCUT2D eigenvalue weighted by atomic mass is 16.5. The van der Waals surface area contributed by atoms with E-state index in [1.54, 1.807) is 0 Å². The number of hydrogen-bond donors (Lipinski definition) is 0. The number of hydrogen-bond acceptors (Lipinski definition) is 3. The van der Waals surface area contributed by atoms with E-state index in [0.29, 0.717) is 12.2 Å². The van der Waals surface area contributed by atoms with Gasteiger partial charge in [0.15, 0.2) is 0 Å². The quantitative estimate of drug-likeness (QED) is 0.865. The normalized spacial score (nSPS) is 19.3. The molecule has 0 bridgehead atoms. The first-order valence-corrected chi connectivity index (χ1v) is 8.55. The molecule has 2 heterocycles. The van der Waals surface area contributed by atoms with Crippen molar-refractivity contribution in [2.24, 2.45) is 0 Å². The van der Waals surface area contributed by atoms with Gasteiger partial charge in [-0.05, 0) is 55.2 Å². The Balaban J connectivity index is 1.42. The Hall–Kier alpha value is -2.33. The second kappa shape index (κ2) is 6.65. The molecule has 0 N–H and O–H groups in total. The SMILES string of the molecule is O=C(c1ccc(OCC2CCCO2)cc1)N1CCc2ccccc21. The highest BCUT2D eigenvalue weighted by Crippen LogP contribution is 2.29. The molecule has 1 saturated heterocycles. The van der Waals surface area contributed by atoms with Crippen molar-refractivity contribution in [2.75, 3.05) is 24.7 Å². The number of benzene rings is 2. The third-order valence-electron chi connectivity index (χ3n) is 4.69. The average molecular weight is 323 g/mol. The van der Waals surface area contributed by atoms with E-state index in [4.69, 9.17) is 9.47 Å². The third-order valence-corrected chi connectivity index (χ3v) is 4.69. The fraction of sp³-hybridized carbons (Fsp3) is 0.350. The zero-order valence-electron chi connectivity index (χ0n) is 13.6. The Morgan fingerprint density at radius 3 is 2.79 bits per heavy atom. The standard InChI is InChI=1S/C20H21NO3/c22-20(21-12-11-15-4-1-2-6-19(15)21)16-7-9-17(10-8-16)24-14-18-5-3-13-23-18/h1-2,4,6-10,18H,3,5,11-14H2. The van der Waals surface area contributed by atoms with Crippen LogP contribution in [0.15, 0.2) is 48.5 Å². The van der Waals surface area contributed by atoms with Gasteiger partial charge in [-0.15, -0.1) is 0 Å². The first kappa shape index (κ1) is 15.2. The number of fused-ring (bicyclic) bond motifs is 1. The van der Waals surface area contributed by atoms with E-state index in [9.17, 15) is 4.79 Å². The van der Waals surface area contributed by atoms with E-state index in [1.165, 1.54) is 5.56 Å². The molecular formula is C20H21NO3. The molecule has 1 fully saturated rings. The van der Waals surface area contributed by atoms with E-state index < -0.39 is 0 Å². The molecule has 2 aliphatic rings. The molecule has 4 nitrogen and oxygen atoms in total. The molecule has 1 atom stereocenters. The van der Waals surface area contributed by atoms with Gasteiger partial charge in [-0.1, -0.05) is 18.2 Å². The largest absolute Gasteiger partial charge is 0.491 e. The fourth-order valence-electron chi connectivity index (χ4n) is 3.36. The van der Waals surface area contributed by atoms with Crippen molar-refractivity contribution >= 4 is 11.6 Å². The zero-order valence-corrected chi connectivity index (χ0v) is 13.6. The van der Waals surface area contributed by atoms with E-state index in [1.807, 2.05) is 47.4 Å². The summed E-state index contributed by atoms with van der Waals surface area (Å²) in [4.78, 5) is 14.6. The highest BCUT2D eigenvalue weighted by molar-refractivity contribution is 6.07. The van der Waals surface area contributed by atoms with E-state index in [-0.39, 0.29) is 12.0 Å².